The smallest absolute Gasteiger partial charge is 0.286 e. The van der Waals surface area contributed by atoms with Gasteiger partial charge >= 0.3 is 0 Å². The number of benzene rings is 1. The molecule has 0 aliphatic rings. The van der Waals surface area contributed by atoms with Crippen LogP contribution < -0.4 is 4.73 Å². The Balaban J connectivity index is 2.94. The van der Waals surface area contributed by atoms with Crippen LogP contribution in [0.2, 0.25) is 0 Å². The van der Waals surface area contributed by atoms with Crippen molar-refractivity contribution in [3.8, 4) is 0 Å². The van der Waals surface area contributed by atoms with Gasteiger partial charge in [-0.1, -0.05) is 0 Å². The molecule has 0 aliphatic heterocycles. The Bertz CT molecular complexity index is 552. The lowest BCUT2D eigenvalue weighted by Crippen LogP contribution is -2.25. The van der Waals surface area contributed by atoms with Gasteiger partial charge in [0.05, 0.1) is 4.92 Å². The molecule has 0 radical (unpaired) electrons. The minimum Gasteiger partial charge on any atom is -0.618 e. The van der Waals surface area contributed by atoms with Gasteiger partial charge < -0.3 is 5.21 Å². The van der Waals surface area contributed by atoms with E-state index >= 15 is 0 Å². The van der Waals surface area contributed by atoms with Crippen molar-refractivity contribution in [3.63, 3.8) is 0 Å². The molecule has 0 fully saturated rings. The molecule has 0 aliphatic carbocycles. The van der Waals surface area contributed by atoms with Crippen LogP contribution in [0.3, 0.4) is 0 Å². The number of pyridine rings is 1. The molecule has 2 rings (SSSR count). The van der Waals surface area contributed by atoms with Gasteiger partial charge in [0.15, 0.2) is 6.20 Å². The molecule has 0 saturated heterocycles. The number of aryl methyl sites for hydroxylation is 1. The number of rotatable bonds is 1. The molecule has 0 unspecified atom stereocenters. The number of aromatic nitrogens is 1. The van der Waals surface area contributed by atoms with E-state index in [1.165, 1.54) is 12.3 Å². The molecule has 76 valence electrons. The van der Waals surface area contributed by atoms with E-state index in [2.05, 4.69) is 0 Å². The molecule has 1 aromatic heterocycles. The summed E-state index contributed by atoms with van der Waals surface area (Å²) >= 11 is 0. The van der Waals surface area contributed by atoms with Gasteiger partial charge in [0.25, 0.3) is 5.69 Å². The molecule has 1 heterocycles. The van der Waals surface area contributed by atoms with Gasteiger partial charge in [0.1, 0.15) is 5.39 Å². The first-order valence-electron chi connectivity index (χ1n) is 4.37. The fraction of sp³-hybridized carbons (Fsp3) is 0.100. The van der Waals surface area contributed by atoms with Gasteiger partial charge in [-0.25, -0.2) is 0 Å². The fourth-order valence-corrected chi connectivity index (χ4v) is 1.60. The van der Waals surface area contributed by atoms with Crippen LogP contribution in [0.5, 0.6) is 0 Å². The highest BCUT2D eigenvalue weighted by Crippen LogP contribution is 2.26. The maximum Gasteiger partial charge on any atom is 0.286 e. The van der Waals surface area contributed by atoms with Crippen LogP contribution in [-0.4, -0.2) is 4.92 Å². The van der Waals surface area contributed by atoms with Crippen LogP contribution in [0.25, 0.3) is 10.9 Å². The van der Waals surface area contributed by atoms with Crippen LogP contribution in [0.4, 0.5) is 5.69 Å². The maximum absolute atomic E-state index is 11.4. The highest BCUT2D eigenvalue weighted by Gasteiger charge is 2.18. The SMILES string of the molecule is Cc1ccc2c(ccc[n+]2[O-])c1[N+](=O)[O-]. The number of hydrogen-bond donors (Lipinski definition) is 0. The van der Waals surface area contributed by atoms with Crippen LogP contribution in [-0.2, 0) is 0 Å². The average molecular weight is 204 g/mol. The first-order valence-corrected chi connectivity index (χ1v) is 4.37. The van der Waals surface area contributed by atoms with Crippen LogP contribution in [0.15, 0.2) is 30.5 Å². The normalized spacial score (nSPS) is 10.5. The molecule has 0 spiro atoms. The first-order chi connectivity index (χ1) is 7.11. The van der Waals surface area contributed by atoms with Gasteiger partial charge in [0, 0.05) is 17.7 Å². The zero-order valence-corrected chi connectivity index (χ0v) is 8.01. The molecule has 15 heavy (non-hydrogen) atoms. The Morgan fingerprint density at radius 1 is 1.33 bits per heavy atom. The molecule has 0 saturated carbocycles. The van der Waals surface area contributed by atoms with E-state index in [1.54, 1.807) is 25.1 Å². The van der Waals surface area contributed by atoms with Crippen molar-refractivity contribution < 1.29 is 9.65 Å². The van der Waals surface area contributed by atoms with Crippen molar-refractivity contribution in [2.24, 2.45) is 0 Å². The van der Waals surface area contributed by atoms with Crippen molar-refractivity contribution in [2.75, 3.05) is 0 Å². The summed E-state index contributed by atoms with van der Waals surface area (Å²) in [5.41, 5.74) is 0.867. The molecule has 5 nitrogen and oxygen atoms in total. The largest absolute Gasteiger partial charge is 0.618 e. The third-order valence-electron chi connectivity index (χ3n) is 2.30. The molecular weight excluding hydrogens is 196 g/mol. The second-order valence-electron chi connectivity index (χ2n) is 3.25. The lowest BCUT2D eigenvalue weighted by molar-refractivity contribution is -0.577. The Morgan fingerprint density at radius 3 is 2.73 bits per heavy atom. The highest BCUT2D eigenvalue weighted by atomic mass is 16.6. The summed E-state index contributed by atoms with van der Waals surface area (Å²) in [6.07, 6.45) is 1.32. The van der Waals surface area contributed by atoms with E-state index < -0.39 is 4.92 Å². The summed E-state index contributed by atoms with van der Waals surface area (Å²) in [6, 6.07) is 6.25. The standard InChI is InChI=1S/C10H8N2O3/c1-7-4-5-9-8(10(7)12(14)15)3-2-6-11(9)13/h2-6H,1H3. The monoisotopic (exact) mass is 204 g/mol. The highest BCUT2D eigenvalue weighted by molar-refractivity contribution is 5.87. The third kappa shape index (κ3) is 1.38. The van der Waals surface area contributed by atoms with Crippen LogP contribution in [0.1, 0.15) is 5.56 Å². The van der Waals surface area contributed by atoms with Crippen molar-refractivity contribution in [3.05, 3.63) is 51.3 Å². The molecule has 0 bridgehead atoms. The van der Waals surface area contributed by atoms with Gasteiger partial charge in [-0.3, -0.25) is 10.1 Å². The lowest BCUT2D eigenvalue weighted by Gasteiger charge is -2.03. The molecule has 0 amide bonds. The molecule has 0 N–H and O–H groups in total. The lowest BCUT2D eigenvalue weighted by atomic mass is 10.1. The maximum atomic E-state index is 11.4. The molecule has 2 aromatic rings. The summed E-state index contributed by atoms with van der Waals surface area (Å²) < 4.78 is 0.627. The second-order valence-corrected chi connectivity index (χ2v) is 3.25. The summed E-state index contributed by atoms with van der Waals surface area (Å²) in [5.74, 6) is 0. The van der Waals surface area contributed by atoms with Gasteiger partial charge in [0.2, 0.25) is 5.52 Å². The van der Waals surface area contributed by atoms with Crippen molar-refractivity contribution in [1.29, 1.82) is 0 Å². The molecule has 0 atom stereocenters. The number of fused-ring (bicyclic) bond motifs is 1. The van der Waals surface area contributed by atoms with E-state index in [0.29, 0.717) is 21.2 Å². The second kappa shape index (κ2) is 3.20. The molecule has 5 heteroatoms. The Kier molecular flexibility index (Phi) is 2.00. The Morgan fingerprint density at radius 2 is 2.07 bits per heavy atom. The minimum absolute atomic E-state index is 0.00213. The summed E-state index contributed by atoms with van der Waals surface area (Å²) in [5, 5.41) is 22.6. The van der Waals surface area contributed by atoms with Gasteiger partial charge in [-0.05, 0) is 19.1 Å². The zero-order chi connectivity index (χ0) is 11.0. The van der Waals surface area contributed by atoms with Crippen LogP contribution in [0, 0.1) is 22.2 Å². The quantitative estimate of drug-likeness (QED) is 0.307. The Hall–Kier alpha value is -2.17. The van der Waals surface area contributed by atoms with Crippen molar-refractivity contribution >= 4 is 16.6 Å². The Labute approximate surface area is 85.3 Å². The van der Waals surface area contributed by atoms with E-state index in [9.17, 15) is 15.3 Å². The minimum atomic E-state index is -0.461. The van der Waals surface area contributed by atoms with E-state index in [1.807, 2.05) is 0 Å². The first kappa shape index (κ1) is 9.39. The average Bonchev–Trinajstić information content (AvgIpc) is 2.17. The van der Waals surface area contributed by atoms with E-state index in [4.69, 9.17) is 0 Å². The number of nitrogens with zero attached hydrogens (tertiary/aromatic N) is 2. The zero-order valence-electron chi connectivity index (χ0n) is 8.01. The summed E-state index contributed by atoms with van der Waals surface area (Å²) in [7, 11) is 0. The van der Waals surface area contributed by atoms with Crippen molar-refractivity contribution in [1.82, 2.24) is 0 Å². The van der Waals surface area contributed by atoms with E-state index in [0.717, 1.165) is 0 Å². The number of nitro groups is 1. The number of nitro benzene ring substituents is 1. The van der Waals surface area contributed by atoms with Gasteiger partial charge in [-0.15, -0.1) is 0 Å². The van der Waals surface area contributed by atoms with Crippen LogP contribution >= 0.6 is 0 Å². The molecule has 1 aromatic carbocycles. The van der Waals surface area contributed by atoms with Gasteiger partial charge in [-0.2, -0.15) is 4.73 Å². The third-order valence-corrected chi connectivity index (χ3v) is 2.30. The van der Waals surface area contributed by atoms with Crippen molar-refractivity contribution in [2.45, 2.75) is 6.92 Å². The topological polar surface area (TPSA) is 70.1 Å². The molecular formula is C10H8N2O3. The fourth-order valence-electron chi connectivity index (χ4n) is 1.60. The van der Waals surface area contributed by atoms with E-state index in [-0.39, 0.29) is 5.69 Å². The predicted molar refractivity (Wildman–Crippen MR) is 54.3 cm³/mol. The summed E-state index contributed by atoms with van der Waals surface area (Å²) in [4.78, 5) is 10.4. The number of hydrogen-bond acceptors (Lipinski definition) is 3. The summed E-state index contributed by atoms with van der Waals surface area (Å²) in [6.45, 7) is 1.65. The predicted octanol–water partition coefficient (Wildman–Crippen LogP) is 1.69.